The Bertz CT molecular complexity index is 1210. The SMILES string of the molecule is CCOC(=O)ON1CCN(C(=O)[C@H](CCC(=O)O)NC(=O)c2cc(O[C@H]3CCOC3)nc(-c3ccccc3)n2)CC1. The quantitative estimate of drug-likeness (QED) is 0.373. The van der Waals surface area contributed by atoms with Crippen molar-refractivity contribution >= 4 is 23.9 Å². The highest BCUT2D eigenvalue weighted by Gasteiger charge is 2.31. The number of rotatable bonds is 11. The number of carboxylic acid groups (broad SMARTS) is 1. The molecule has 2 N–H and O–H groups in total. The second kappa shape index (κ2) is 14.4. The normalized spacial score (nSPS) is 17.9. The van der Waals surface area contributed by atoms with Crippen LogP contribution in [-0.4, -0.2) is 107 Å². The predicted molar refractivity (Wildman–Crippen MR) is 142 cm³/mol. The molecule has 220 valence electrons. The van der Waals surface area contributed by atoms with Gasteiger partial charge in [-0.25, -0.2) is 9.78 Å². The minimum Gasteiger partial charge on any atom is -0.481 e. The molecule has 2 aliphatic heterocycles. The number of carbonyl (C=O) groups is 4. The number of nitrogens with one attached hydrogen (secondary N) is 1. The Morgan fingerprint density at radius 3 is 2.54 bits per heavy atom. The maximum atomic E-state index is 13.4. The highest BCUT2D eigenvalue weighted by atomic mass is 16.8. The van der Waals surface area contributed by atoms with E-state index in [-0.39, 0.29) is 69.1 Å². The molecule has 0 aliphatic carbocycles. The van der Waals surface area contributed by atoms with Gasteiger partial charge >= 0.3 is 12.1 Å². The lowest BCUT2D eigenvalue weighted by molar-refractivity contribution is -0.157. The number of aliphatic carboxylic acids is 1. The van der Waals surface area contributed by atoms with Crippen LogP contribution in [0.1, 0.15) is 36.7 Å². The van der Waals surface area contributed by atoms with Crippen LogP contribution in [0.25, 0.3) is 11.4 Å². The van der Waals surface area contributed by atoms with E-state index in [0.717, 1.165) is 0 Å². The Hall–Kier alpha value is -4.30. The molecular formula is C27H33N5O9. The van der Waals surface area contributed by atoms with Gasteiger partial charge in [0.2, 0.25) is 11.8 Å². The molecule has 0 radical (unpaired) electrons. The third-order valence-electron chi connectivity index (χ3n) is 6.41. The fraction of sp³-hybridized carbons (Fsp3) is 0.481. The van der Waals surface area contributed by atoms with Gasteiger partial charge in [-0.2, -0.15) is 4.98 Å². The molecular weight excluding hydrogens is 538 g/mol. The summed E-state index contributed by atoms with van der Waals surface area (Å²) in [5, 5.41) is 13.3. The molecule has 1 aromatic heterocycles. The minimum absolute atomic E-state index is 0.0338. The zero-order chi connectivity index (χ0) is 29.2. The molecule has 41 heavy (non-hydrogen) atoms. The largest absolute Gasteiger partial charge is 0.527 e. The molecule has 1 aromatic carbocycles. The molecule has 2 fully saturated rings. The van der Waals surface area contributed by atoms with Gasteiger partial charge in [-0.05, 0) is 13.3 Å². The second-order valence-electron chi connectivity index (χ2n) is 9.37. The number of aromatic nitrogens is 2. The maximum absolute atomic E-state index is 13.4. The van der Waals surface area contributed by atoms with Crippen LogP contribution in [0.2, 0.25) is 0 Å². The standard InChI is InChI=1S/C27H33N5O9/c1-2-39-27(37)41-32-13-11-31(12-14-32)26(36)20(8-9-23(33)34)29-25(35)21-16-22(40-19-10-15-38-17-19)30-24(28-21)18-6-4-3-5-7-18/h3-7,16,19-20H,2,8-15,17H2,1H3,(H,29,35)(H,33,34)/t19-,20-/m0/s1. The molecule has 2 aromatic rings. The van der Waals surface area contributed by atoms with Gasteiger partial charge in [0.15, 0.2) is 5.82 Å². The highest BCUT2D eigenvalue weighted by molar-refractivity contribution is 5.96. The van der Waals surface area contributed by atoms with Gasteiger partial charge in [0.1, 0.15) is 17.8 Å². The van der Waals surface area contributed by atoms with E-state index in [0.29, 0.717) is 25.2 Å². The fourth-order valence-corrected chi connectivity index (χ4v) is 4.32. The molecule has 3 heterocycles. The van der Waals surface area contributed by atoms with Crippen molar-refractivity contribution in [3.05, 3.63) is 42.1 Å². The van der Waals surface area contributed by atoms with Crippen molar-refractivity contribution < 1.29 is 43.3 Å². The van der Waals surface area contributed by atoms with E-state index in [2.05, 4.69) is 15.3 Å². The Morgan fingerprint density at radius 2 is 1.88 bits per heavy atom. The number of nitrogens with zero attached hydrogens (tertiary/aromatic N) is 4. The van der Waals surface area contributed by atoms with Crippen molar-refractivity contribution in [2.75, 3.05) is 46.0 Å². The van der Waals surface area contributed by atoms with Gasteiger partial charge in [-0.3, -0.25) is 14.4 Å². The monoisotopic (exact) mass is 571 g/mol. The van der Waals surface area contributed by atoms with Crippen LogP contribution in [0.4, 0.5) is 4.79 Å². The van der Waals surface area contributed by atoms with Crippen molar-refractivity contribution in [2.45, 2.75) is 38.3 Å². The van der Waals surface area contributed by atoms with E-state index >= 15 is 0 Å². The number of carbonyl (C=O) groups excluding carboxylic acids is 3. The molecule has 2 atom stereocenters. The fourth-order valence-electron chi connectivity index (χ4n) is 4.32. The van der Waals surface area contributed by atoms with Gasteiger partial charge in [0, 0.05) is 37.6 Å². The minimum atomic E-state index is -1.13. The molecule has 0 bridgehead atoms. The van der Waals surface area contributed by atoms with Crippen LogP contribution in [0.5, 0.6) is 5.88 Å². The number of amides is 2. The van der Waals surface area contributed by atoms with E-state index in [1.165, 1.54) is 16.0 Å². The number of hydrogen-bond acceptors (Lipinski definition) is 11. The molecule has 0 saturated carbocycles. The van der Waals surface area contributed by atoms with E-state index in [4.69, 9.17) is 19.0 Å². The van der Waals surface area contributed by atoms with E-state index in [1.54, 1.807) is 19.1 Å². The van der Waals surface area contributed by atoms with Crippen LogP contribution in [0.15, 0.2) is 36.4 Å². The molecule has 0 spiro atoms. The average Bonchev–Trinajstić information content (AvgIpc) is 3.48. The predicted octanol–water partition coefficient (Wildman–Crippen LogP) is 1.51. The average molecular weight is 572 g/mol. The zero-order valence-electron chi connectivity index (χ0n) is 22.7. The first kappa shape index (κ1) is 29.7. The van der Waals surface area contributed by atoms with Crippen LogP contribution in [0.3, 0.4) is 0 Å². The Labute approximate surface area is 236 Å². The van der Waals surface area contributed by atoms with Crippen molar-refractivity contribution in [2.24, 2.45) is 0 Å². The summed E-state index contributed by atoms with van der Waals surface area (Å²) in [7, 11) is 0. The van der Waals surface area contributed by atoms with Gasteiger partial charge in [0.25, 0.3) is 5.91 Å². The molecule has 4 rings (SSSR count). The molecule has 2 amide bonds. The summed E-state index contributed by atoms with van der Waals surface area (Å²) in [5.74, 6) is -1.78. The first-order valence-corrected chi connectivity index (χ1v) is 13.4. The number of ether oxygens (including phenoxy) is 3. The molecule has 2 aliphatic rings. The Kier molecular flexibility index (Phi) is 10.4. The summed E-state index contributed by atoms with van der Waals surface area (Å²) in [6.45, 7) is 3.64. The van der Waals surface area contributed by atoms with Crippen molar-refractivity contribution in [3.63, 3.8) is 0 Å². The van der Waals surface area contributed by atoms with Gasteiger partial charge in [-0.1, -0.05) is 30.3 Å². The highest BCUT2D eigenvalue weighted by Crippen LogP contribution is 2.22. The van der Waals surface area contributed by atoms with E-state index in [9.17, 15) is 24.3 Å². The van der Waals surface area contributed by atoms with Gasteiger partial charge in [-0.15, -0.1) is 5.06 Å². The summed E-state index contributed by atoms with van der Waals surface area (Å²) < 4.78 is 16.1. The summed E-state index contributed by atoms with van der Waals surface area (Å²) in [6.07, 6.45) is -0.838. The number of hydroxylamine groups is 2. The third kappa shape index (κ3) is 8.59. The lowest BCUT2D eigenvalue weighted by Crippen LogP contribution is -2.55. The summed E-state index contributed by atoms with van der Waals surface area (Å²) >= 11 is 0. The van der Waals surface area contributed by atoms with Crippen molar-refractivity contribution in [1.29, 1.82) is 0 Å². The van der Waals surface area contributed by atoms with Gasteiger partial charge in [0.05, 0.1) is 32.9 Å². The van der Waals surface area contributed by atoms with Crippen LogP contribution >= 0.6 is 0 Å². The summed E-state index contributed by atoms with van der Waals surface area (Å²) in [6, 6.07) is 9.33. The summed E-state index contributed by atoms with van der Waals surface area (Å²) in [4.78, 5) is 65.1. The van der Waals surface area contributed by atoms with E-state index in [1.807, 2.05) is 18.2 Å². The third-order valence-corrected chi connectivity index (χ3v) is 6.41. The lowest BCUT2D eigenvalue weighted by atomic mass is 10.1. The van der Waals surface area contributed by atoms with Crippen molar-refractivity contribution in [1.82, 2.24) is 25.2 Å². The Balaban J connectivity index is 1.49. The number of benzene rings is 1. The molecule has 0 unspecified atom stereocenters. The first-order chi connectivity index (χ1) is 19.8. The number of piperazine rings is 1. The van der Waals surface area contributed by atoms with Crippen LogP contribution in [0, 0.1) is 0 Å². The zero-order valence-corrected chi connectivity index (χ0v) is 22.7. The molecule has 14 nitrogen and oxygen atoms in total. The summed E-state index contributed by atoms with van der Waals surface area (Å²) in [5.41, 5.74) is 0.629. The number of carboxylic acids is 1. The van der Waals surface area contributed by atoms with E-state index < -0.39 is 30.0 Å². The maximum Gasteiger partial charge on any atom is 0.527 e. The Morgan fingerprint density at radius 1 is 1.12 bits per heavy atom. The topological polar surface area (TPSA) is 170 Å². The lowest BCUT2D eigenvalue weighted by Gasteiger charge is -2.35. The smallest absolute Gasteiger partial charge is 0.481 e. The molecule has 2 saturated heterocycles. The number of hydrogen-bond donors (Lipinski definition) is 2. The second-order valence-corrected chi connectivity index (χ2v) is 9.37. The van der Waals surface area contributed by atoms with Crippen LogP contribution in [-0.2, 0) is 23.9 Å². The van der Waals surface area contributed by atoms with Crippen molar-refractivity contribution in [3.8, 4) is 17.3 Å². The van der Waals surface area contributed by atoms with Crippen LogP contribution < -0.4 is 10.1 Å². The molecule has 14 heteroatoms. The first-order valence-electron chi connectivity index (χ1n) is 13.4. The van der Waals surface area contributed by atoms with Gasteiger partial charge < -0.3 is 34.4 Å².